The van der Waals surface area contributed by atoms with Crippen molar-refractivity contribution < 1.29 is 23.7 Å². The van der Waals surface area contributed by atoms with E-state index < -0.39 is 16.8 Å². The van der Waals surface area contributed by atoms with E-state index in [0.29, 0.717) is 11.3 Å². The second-order valence-corrected chi connectivity index (χ2v) is 5.82. The molecule has 1 aromatic heterocycles. The van der Waals surface area contributed by atoms with Crippen molar-refractivity contribution in [1.82, 2.24) is 10.2 Å². The number of nitro groups is 1. The Kier molecular flexibility index (Phi) is 4.99. The number of hydrogen-bond acceptors (Lipinski definition) is 7. The number of nitrogens with one attached hydrogen (secondary N) is 1. The minimum Gasteiger partial charge on any atom is -0.468 e. The lowest BCUT2D eigenvalue weighted by molar-refractivity contribution is -0.384. The summed E-state index contributed by atoms with van der Waals surface area (Å²) in [5, 5.41) is 13.9. The average molecular weight is 387 g/mol. The molecule has 2 heterocycles. The Morgan fingerprint density at radius 1 is 1.37 bits per heavy atom. The molecule has 0 aliphatic carbocycles. The van der Waals surface area contributed by atoms with Gasteiger partial charge in [0.15, 0.2) is 5.11 Å². The zero-order valence-corrected chi connectivity index (χ0v) is 14.8. The summed E-state index contributed by atoms with van der Waals surface area (Å²) >= 11 is 5.04. The summed E-state index contributed by atoms with van der Waals surface area (Å²) in [6.45, 7) is -0.307. The van der Waals surface area contributed by atoms with Crippen LogP contribution in [0.5, 0.6) is 0 Å². The Bertz CT molecular complexity index is 981. The van der Waals surface area contributed by atoms with Crippen LogP contribution < -0.4 is 5.32 Å². The predicted molar refractivity (Wildman–Crippen MR) is 98.2 cm³/mol. The Labute approximate surface area is 158 Å². The maximum Gasteiger partial charge on any atom is 0.325 e. The molecule has 0 spiro atoms. The highest BCUT2D eigenvalue weighted by molar-refractivity contribution is 7.80. The van der Waals surface area contributed by atoms with Gasteiger partial charge in [-0.15, -0.1) is 0 Å². The molecule has 2 aromatic rings. The molecule has 0 bridgehead atoms. The first-order valence-electron chi connectivity index (χ1n) is 7.65. The van der Waals surface area contributed by atoms with Gasteiger partial charge < -0.3 is 14.5 Å². The van der Waals surface area contributed by atoms with Crippen LogP contribution in [-0.2, 0) is 14.3 Å². The van der Waals surface area contributed by atoms with Crippen LogP contribution in [0.4, 0.5) is 5.69 Å². The third kappa shape index (κ3) is 3.70. The summed E-state index contributed by atoms with van der Waals surface area (Å²) in [7, 11) is 1.21. The van der Waals surface area contributed by atoms with E-state index in [1.54, 1.807) is 30.3 Å². The highest BCUT2D eigenvalue weighted by Gasteiger charge is 2.32. The van der Waals surface area contributed by atoms with Crippen molar-refractivity contribution in [2.75, 3.05) is 13.7 Å². The molecule has 1 amide bonds. The van der Waals surface area contributed by atoms with Crippen molar-refractivity contribution in [3.05, 3.63) is 58.0 Å². The molecule has 0 radical (unpaired) electrons. The zero-order valence-electron chi connectivity index (χ0n) is 14.0. The molecule has 1 N–H and O–H groups in total. The number of benzene rings is 1. The molecular formula is C17H13N3O6S. The molecule has 10 heteroatoms. The lowest BCUT2D eigenvalue weighted by atomic mass is 10.1. The Balaban J connectivity index is 1.86. The van der Waals surface area contributed by atoms with Crippen molar-refractivity contribution in [2.45, 2.75) is 0 Å². The van der Waals surface area contributed by atoms with Gasteiger partial charge in [-0.3, -0.25) is 24.6 Å². The van der Waals surface area contributed by atoms with E-state index in [1.807, 2.05) is 0 Å². The summed E-state index contributed by atoms with van der Waals surface area (Å²) in [6.07, 6.45) is 1.41. The summed E-state index contributed by atoms with van der Waals surface area (Å²) in [4.78, 5) is 35.5. The number of methoxy groups -OCH3 is 1. The number of nitro benzene ring substituents is 1. The third-order valence-electron chi connectivity index (χ3n) is 3.76. The van der Waals surface area contributed by atoms with E-state index in [1.165, 1.54) is 19.3 Å². The smallest absolute Gasteiger partial charge is 0.325 e. The topological polar surface area (TPSA) is 115 Å². The molecular weight excluding hydrogens is 374 g/mol. The van der Waals surface area contributed by atoms with Crippen LogP contribution in [0, 0.1) is 10.1 Å². The second kappa shape index (κ2) is 7.38. The van der Waals surface area contributed by atoms with Gasteiger partial charge in [-0.25, -0.2) is 0 Å². The summed E-state index contributed by atoms with van der Waals surface area (Å²) < 4.78 is 10.1. The van der Waals surface area contributed by atoms with Crippen molar-refractivity contribution in [3.8, 4) is 11.3 Å². The molecule has 0 saturated carbocycles. The van der Waals surface area contributed by atoms with Crippen LogP contribution in [-0.4, -0.2) is 40.5 Å². The quantitative estimate of drug-likeness (QED) is 0.273. The molecule has 1 aliphatic rings. The van der Waals surface area contributed by atoms with Crippen LogP contribution in [0.3, 0.4) is 0 Å². The van der Waals surface area contributed by atoms with Crippen LogP contribution in [0.25, 0.3) is 17.4 Å². The number of rotatable bonds is 5. The molecule has 9 nitrogen and oxygen atoms in total. The number of carbonyl (C=O) groups excluding carboxylic acids is 2. The normalized spacial score (nSPS) is 15.1. The fourth-order valence-electron chi connectivity index (χ4n) is 2.47. The molecule has 1 fully saturated rings. The van der Waals surface area contributed by atoms with Gasteiger partial charge in [-0.1, -0.05) is 12.1 Å². The summed E-state index contributed by atoms with van der Waals surface area (Å²) in [5.74, 6) is -0.533. The number of ether oxygens (including phenoxy) is 1. The number of para-hydroxylation sites is 1. The van der Waals surface area contributed by atoms with E-state index >= 15 is 0 Å². The van der Waals surface area contributed by atoms with Gasteiger partial charge in [0.05, 0.1) is 17.6 Å². The largest absolute Gasteiger partial charge is 0.468 e. The van der Waals surface area contributed by atoms with Crippen molar-refractivity contribution in [1.29, 1.82) is 0 Å². The Hall–Kier alpha value is -3.53. The maximum atomic E-state index is 12.4. The average Bonchev–Trinajstić information content (AvgIpc) is 3.22. The van der Waals surface area contributed by atoms with Gasteiger partial charge in [-0.2, -0.15) is 0 Å². The highest BCUT2D eigenvalue weighted by Crippen LogP contribution is 2.31. The van der Waals surface area contributed by atoms with Crippen molar-refractivity contribution in [3.63, 3.8) is 0 Å². The number of carbonyl (C=O) groups is 2. The lowest BCUT2D eigenvalue weighted by Gasteiger charge is -2.11. The Morgan fingerprint density at radius 3 is 2.81 bits per heavy atom. The fourth-order valence-corrected chi connectivity index (χ4v) is 2.72. The number of nitrogens with zero attached hydrogens (tertiary/aromatic N) is 2. The molecule has 1 aliphatic heterocycles. The molecule has 1 aromatic carbocycles. The van der Waals surface area contributed by atoms with Gasteiger partial charge in [0.1, 0.15) is 23.8 Å². The molecule has 138 valence electrons. The maximum absolute atomic E-state index is 12.4. The van der Waals surface area contributed by atoms with Gasteiger partial charge in [0.25, 0.3) is 11.6 Å². The fraction of sp³-hybridized carbons (Fsp3) is 0.118. The third-order valence-corrected chi connectivity index (χ3v) is 4.08. The number of amides is 1. The van der Waals surface area contributed by atoms with E-state index in [2.05, 4.69) is 10.1 Å². The van der Waals surface area contributed by atoms with Gasteiger partial charge in [0.2, 0.25) is 0 Å². The molecule has 3 rings (SSSR count). The molecule has 0 unspecified atom stereocenters. The highest BCUT2D eigenvalue weighted by atomic mass is 32.1. The molecule has 1 saturated heterocycles. The lowest BCUT2D eigenvalue weighted by Crippen LogP contribution is -2.35. The summed E-state index contributed by atoms with van der Waals surface area (Å²) in [5.41, 5.74) is 0.347. The second-order valence-electron chi connectivity index (χ2n) is 5.43. The van der Waals surface area contributed by atoms with Crippen LogP contribution in [0.1, 0.15) is 5.76 Å². The predicted octanol–water partition coefficient (Wildman–Crippen LogP) is 2.09. The minimum atomic E-state index is -0.606. The Morgan fingerprint density at radius 2 is 2.11 bits per heavy atom. The number of furan rings is 1. The molecule has 27 heavy (non-hydrogen) atoms. The van der Waals surface area contributed by atoms with Crippen LogP contribution in [0.2, 0.25) is 0 Å². The van der Waals surface area contributed by atoms with Gasteiger partial charge in [0, 0.05) is 12.1 Å². The summed E-state index contributed by atoms with van der Waals surface area (Å²) in [6, 6.07) is 9.31. The van der Waals surface area contributed by atoms with Crippen molar-refractivity contribution in [2.24, 2.45) is 0 Å². The first-order chi connectivity index (χ1) is 12.9. The van der Waals surface area contributed by atoms with Crippen LogP contribution >= 0.6 is 12.2 Å². The van der Waals surface area contributed by atoms with Gasteiger partial charge in [-0.05, 0) is 30.4 Å². The van der Waals surface area contributed by atoms with E-state index in [0.717, 1.165) is 4.90 Å². The monoisotopic (exact) mass is 387 g/mol. The number of thiocarbonyl (C=S) groups is 1. The number of hydrogen-bond donors (Lipinski definition) is 1. The molecule has 0 atom stereocenters. The zero-order chi connectivity index (χ0) is 19.6. The van der Waals surface area contributed by atoms with Gasteiger partial charge >= 0.3 is 5.97 Å². The number of esters is 1. The van der Waals surface area contributed by atoms with E-state index in [9.17, 15) is 19.7 Å². The van der Waals surface area contributed by atoms with Crippen molar-refractivity contribution >= 4 is 41.0 Å². The van der Waals surface area contributed by atoms with Crippen LogP contribution in [0.15, 0.2) is 46.5 Å². The van der Waals surface area contributed by atoms with E-state index in [4.69, 9.17) is 16.6 Å². The SMILES string of the molecule is COC(=O)CN1C(=O)/C(=C/c2ccc(-c3ccccc3[N+](=O)[O-])o2)NC1=S. The van der Waals surface area contributed by atoms with E-state index in [-0.39, 0.29) is 28.8 Å². The first-order valence-corrected chi connectivity index (χ1v) is 8.06. The first kappa shape index (κ1) is 18.3. The minimum absolute atomic E-state index is 0.0714. The standard InChI is InChI=1S/C17H13N3O6S/c1-25-15(21)9-19-16(22)12(18-17(19)27)8-10-6-7-14(26-10)11-4-2-3-5-13(11)20(23)24/h2-8H,9H2,1H3,(H,18,27)/b12-8-.